The van der Waals surface area contributed by atoms with Gasteiger partial charge in [-0.2, -0.15) is 0 Å². The van der Waals surface area contributed by atoms with Gasteiger partial charge in [-0.1, -0.05) is 18.5 Å². The second-order valence-corrected chi connectivity index (χ2v) is 4.65. The van der Waals surface area contributed by atoms with Crippen LogP contribution in [0.3, 0.4) is 0 Å². The lowest BCUT2D eigenvalue weighted by Crippen LogP contribution is -2.11. The molecule has 0 bridgehead atoms. The van der Waals surface area contributed by atoms with Crippen molar-refractivity contribution in [3.8, 4) is 11.5 Å². The fourth-order valence-corrected chi connectivity index (χ4v) is 1.96. The molecule has 1 rings (SSSR count). The Hall–Kier alpha value is -0.930. The maximum atomic E-state index is 9.28. The van der Waals surface area contributed by atoms with Crippen molar-refractivity contribution < 1.29 is 14.6 Å². The number of ether oxygens (including phenoxy) is 2. The number of aliphatic hydroxyl groups excluding tert-OH is 1. The van der Waals surface area contributed by atoms with Crippen molar-refractivity contribution in [1.82, 2.24) is 0 Å². The van der Waals surface area contributed by atoms with Crippen molar-refractivity contribution in [2.75, 3.05) is 13.7 Å². The minimum atomic E-state index is -0.0913. The molecule has 0 saturated heterocycles. The second kappa shape index (κ2) is 6.12. The molecular formula is C13H19ClO3. The lowest BCUT2D eigenvalue weighted by molar-refractivity contribution is 0.220. The average molecular weight is 259 g/mol. The lowest BCUT2D eigenvalue weighted by atomic mass is 10.0. The van der Waals surface area contributed by atoms with Crippen LogP contribution in [0.5, 0.6) is 11.5 Å². The van der Waals surface area contributed by atoms with Crippen LogP contribution in [0, 0.1) is 0 Å². The third kappa shape index (κ3) is 3.27. The molecule has 1 N–H and O–H groups in total. The molecule has 1 unspecified atom stereocenters. The number of aliphatic hydroxyl groups is 1. The standard InChI is InChI=1S/C13H19ClO3/c1-8(2)17-13-11(16-4)6-5-10(14)12(13)9(3)7-15/h5-6,8-9,15H,7H2,1-4H3. The highest BCUT2D eigenvalue weighted by atomic mass is 35.5. The predicted octanol–water partition coefficient (Wildman–Crippen LogP) is 3.23. The van der Waals surface area contributed by atoms with E-state index >= 15 is 0 Å². The second-order valence-electron chi connectivity index (χ2n) is 4.24. The summed E-state index contributed by atoms with van der Waals surface area (Å²) in [5.41, 5.74) is 0.794. The van der Waals surface area contributed by atoms with Crippen molar-refractivity contribution in [2.24, 2.45) is 0 Å². The zero-order valence-corrected chi connectivity index (χ0v) is 11.4. The Morgan fingerprint density at radius 2 is 1.94 bits per heavy atom. The van der Waals surface area contributed by atoms with E-state index in [1.54, 1.807) is 19.2 Å². The summed E-state index contributed by atoms with van der Waals surface area (Å²) in [4.78, 5) is 0. The molecule has 0 radical (unpaired) electrons. The van der Waals surface area contributed by atoms with Crippen LogP contribution in [0.2, 0.25) is 5.02 Å². The van der Waals surface area contributed by atoms with Crippen LogP contribution in [0.4, 0.5) is 0 Å². The summed E-state index contributed by atoms with van der Waals surface area (Å²) in [5, 5.41) is 9.87. The van der Waals surface area contributed by atoms with Crippen LogP contribution >= 0.6 is 11.6 Å². The van der Waals surface area contributed by atoms with Crippen LogP contribution in [0.1, 0.15) is 32.3 Å². The van der Waals surface area contributed by atoms with Gasteiger partial charge in [0.1, 0.15) is 0 Å². The Morgan fingerprint density at radius 3 is 2.41 bits per heavy atom. The van der Waals surface area contributed by atoms with E-state index in [4.69, 9.17) is 21.1 Å². The van der Waals surface area contributed by atoms with E-state index in [-0.39, 0.29) is 18.6 Å². The molecule has 0 aliphatic heterocycles. The Bertz CT molecular complexity index is 377. The van der Waals surface area contributed by atoms with Gasteiger partial charge in [0.25, 0.3) is 0 Å². The van der Waals surface area contributed by atoms with Crippen LogP contribution in [-0.2, 0) is 0 Å². The lowest BCUT2D eigenvalue weighted by Gasteiger charge is -2.21. The highest BCUT2D eigenvalue weighted by Gasteiger charge is 2.20. The summed E-state index contributed by atoms with van der Waals surface area (Å²) < 4.78 is 11.0. The van der Waals surface area contributed by atoms with Crippen molar-refractivity contribution in [2.45, 2.75) is 32.8 Å². The summed E-state index contributed by atoms with van der Waals surface area (Å²) in [5.74, 6) is 1.17. The van der Waals surface area contributed by atoms with Gasteiger partial charge in [0.2, 0.25) is 0 Å². The average Bonchev–Trinajstić information content (AvgIpc) is 2.28. The molecule has 1 atom stereocenters. The molecule has 0 fully saturated rings. The quantitative estimate of drug-likeness (QED) is 0.881. The van der Waals surface area contributed by atoms with E-state index < -0.39 is 0 Å². The summed E-state index contributed by atoms with van der Waals surface area (Å²) in [6.45, 7) is 5.79. The summed E-state index contributed by atoms with van der Waals surface area (Å²) >= 11 is 6.17. The molecule has 0 saturated carbocycles. The van der Waals surface area contributed by atoms with Gasteiger partial charge in [-0.05, 0) is 26.0 Å². The van der Waals surface area contributed by atoms with E-state index in [9.17, 15) is 5.11 Å². The molecule has 0 aromatic heterocycles. The number of halogens is 1. The smallest absolute Gasteiger partial charge is 0.166 e. The minimum Gasteiger partial charge on any atom is -0.493 e. The van der Waals surface area contributed by atoms with Crippen molar-refractivity contribution in [3.63, 3.8) is 0 Å². The van der Waals surface area contributed by atoms with Crippen molar-refractivity contribution >= 4 is 11.6 Å². The molecule has 1 aromatic rings. The third-order valence-corrected chi connectivity index (χ3v) is 2.78. The Labute approximate surface area is 107 Å². The number of hydrogen-bond donors (Lipinski definition) is 1. The number of methoxy groups -OCH3 is 1. The van der Waals surface area contributed by atoms with Crippen LogP contribution in [0.15, 0.2) is 12.1 Å². The number of rotatable bonds is 5. The largest absolute Gasteiger partial charge is 0.493 e. The fourth-order valence-electron chi connectivity index (χ4n) is 1.62. The van der Waals surface area contributed by atoms with Crippen LogP contribution in [0.25, 0.3) is 0 Å². The third-order valence-electron chi connectivity index (χ3n) is 2.45. The van der Waals surface area contributed by atoms with Gasteiger partial charge in [0.05, 0.1) is 13.2 Å². The summed E-state index contributed by atoms with van der Waals surface area (Å²) in [7, 11) is 1.59. The van der Waals surface area contributed by atoms with Crippen molar-refractivity contribution in [1.29, 1.82) is 0 Å². The summed E-state index contributed by atoms with van der Waals surface area (Å²) in [6.07, 6.45) is 0.0204. The van der Waals surface area contributed by atoms with Crippen molar-refractivity contribution in [3.05, 3.63) is 22.7 Å². The first kappa shape index (κ1) is 14.1. The zero-order chi connectivity index (χ0) is 13.0. The first-order valence-electron chi connectivity index (χ1n) is 5.65. The molecule has 4 heteroatoms. The molecule has 0 heterocycles. The topological polar surface area (TPSA) is 38.7 Å². The Kier molecular flexibility index (Phi) is 5.09. The molecule has 1 aromatic carbocycles. The van der Waals surface area contributed by atoms with Crippen LogP contribution < -0.4 is 9.47 Å². The molecule has 0 spiro atoms. The molecule has 0 amide bonds. The van der Waals surface area contributed by atoms with Crippen LogP contribution in [-0.4, -0.2) is 24.9 Å². The predicted molar refractivity (Wildman–Crippen MR) is 69.3 cm³/mol. The van der Waals surface area contributed by atoms with Gasteiger partial charge in [0, 0.05) is 23.1 Å². The van der Waals surface area contributed by atoms with Gasteiger partial charge >= 0.3 is 0 Å². The van der Waals surface area contributed by atoms with E-state index in [0.717, 1.165) is 5.56 Å². The molecule has 17 heavy (non-hydrogen) atoms. The first-order chi connectivity index (χ1) is 8.01. The minimum absolute atomic E-state index is 0.0152. The zero-order valence-electron chi connectivity index (χ0n) is 10.7. The molecule has 3 nitrogen and oxygen atoms in total. The molecule has 0 aliphatic rings. The SMILES string of the molecule is COc1ccc(Cl)c(C(C)CO)c1OC(C)C. The van der Waals surface area contributed by atoms with E-state index in [1.807, 2.05) is 20.8 Å². The van der Waals surface area contributed by atoms with E-state index in [2.05, 4.69) is 0 Å². The maximum absolute atomic E-state index is 9.28. The first-order valence-corrected chi connectivity index (χ1v) is 6.03. The number of hydrogen-bond acceptors (Lipinski definition) is 3. The molecule has 0 aliphatic carbocycles. The summed E-state index contributed by atoms with van der Waals surface area (Å²) in [6, 6.07) is 3.53. The van der Waals surface area contributed by atoms with Gasteiger partial charge < -0.3 is 14.6 Å². The maximum Gasteiger partial charge on any atom is 0.166 e. The number of benzene rings is 1. The van der Waals surface area contributed by atoms with E-state index in [0.29, 0.717) is 16.5 Å². The molecule has 96 valence electrons. The highest BCUT2D eigenvalue weighted by molar-refractivity contribution is 6.31. The Morgan fingerprint density at radius 1 is 1.29 bits per heavy atom. The molecular weight excluding hydrogens is 240 g/mol. The normalized spacial score (nSPS) is 12.6. The highest BCUT2D eigenvalue weighted by Crippen LogP contribution is 2.40. The van der Waals surface area contributed by atoms with Gasteiger partial charge in [0.15, 0.2) is 11.5 Å². The Balaban J connectivity index is 3.31. The van der Waals surface area contributed by atoms with Gasteiger partial charge in [-0.3, -0.25) is 0 Å². The van der Waals surface area contributed by atoms with Gasteiger partial charge in [-0.25, -0.2) is 0 Å². The fraction of sp³-hybridized carbons (Fsp3) is 0.538. The monoisotopic (exact) mass is 258 g/mol. The van der Waals surface area contributed by atoms with Gasteiger partial charge in [-0.15, -0.1) is 0 Å². The van der Waals surface area contributed by atoms with E-state index in [1.165, 1.54) is 0 Å².